The predicted molar refractivity (Wildman–Crippen MR) is 139 cm³/mol. The Morgan fingerprint density at radius 1 is 1.05 bits per heavy atom. The van der Waals surface area contributed by atoms with Crippen molar-refractivity contribution < 1.29 is 23.4 Å². The quantitative estimate of drug-likeness (QED) is 0.299. The van der Waals surface area contributed by atoms with Crippen molar-refractivity contribution in [3.63, 3.8) is 0 Å². The Morgan fingerprint density at radius 2 is 1.73 bits per heavy atom. The molecule has 13 heteroatoms. The summed E-state index contributed by atoms with van der Waals surface area (Å²) in [5.74, 6) is -1.63. The van der Waals surface area contributed by atoms with Crippen LogP contribution in [0.25, 0.3) is 17.1 Å². The van der Waals surface area contributed by atoms with Crippen LogP contribution >= 0.6 is 0 Å². The molecule has 3 rings (SSSR count). The number of aromatic nitrogens is 3. The summed E-state index contributed by atoms with van der Waals surface area (Å²) >= 11 is 0. The summed E-state index contributed by atoms with van der Waals surface area (Å²) in [5.41, 5.74) is 12.7. The molecule has 1 amide bonds. The molecule has 2 aromatic carbocycles. The number of hydrogen-bond donors (Lipinski definition) is 4. The van der Waals surface area contributed by atoms with Gasteiger partial charge in [0.25, 0.3) is 5.91 Å². The molecular formula is C24H33N7O5S. The van der Waals surface area contributed by atoms with Crippen molar-refractivity contribution in [2.75, 3.05) is 34.2 Å². The summed E-state index contributed by atoms with van der Waals surface area (Å²) < 4.78 is 29.5. The molecule has 0 saturated heterocycles. The van der Waals surface area contributed by atoms with Crippen LogP contribution in [-0.2, 0) is 16.6 Å². The van der Waals surface area contributed by atoms with Crippen molar-refractivity contribution in [1.82, 2.24) is 24.0 Å². The minimum atomic E-state index is -3.96. The number of likely N-dealkylation sites (N-methyl/N-ethyl adjacent to an activating group) is 2. The lowest BCUT2D eigenvalue weighted by Crippen LogP contribution is -2.34. The minimum absolute atomic E-state index is 0.0371. The monoisotopic (exact) mass is 531 g/mol. The lowest BCUT2D eigenvalue weighted by Gasteiger charge is -2.22. The van der Waals surface area contributed by atoms with Gasteiger partial charge in [0.15, 0.2) is 5.82 Å². The number of nitrogens with two attached hydrogens (primary N) is 2. The topological polar surface area (TPSA) is 181 Å². The molecule has 0 radical (unpaired) electrons. The average Bonchev–Trinajstić information content (AvgIpc) is 3.27. The molecule has 12 nitrogen and oxygen atoms in total. The molecule has 0 fully saturated rings. The lowest BCUT2D eigenvalue weighted by molar-refractivity contribution is 0.0988. The smallest absolute Gasteiger partial charge is 0.287 e. The molecule has 1 aromatic heterocycles. The summed E-state index contributed by atoms with van der Waals surface area (Å²) in [5, 5.41) is 28.9. The van der Waals surface area contributed by atoms with E-state index in [1.165, 1.54) is 28.1 Å². The van der Waals surface area contributed by atoms with Crippen LogP contribution in [0.15, 0.2) is 35.2 Å². The fourth-order valence-corrected chi connectivity index (χ4v) is 5.23. The van der Waals surface area contributed by atoms with Crippen molar-refractivity contribution >= 4 is 15.9 Å². The van der Waals surface area contributed by atoms with Crippen LogP contribution in [0.1, 0.15) is 41.5 Å². The first-order chi connectivity index (χ1) is 17.3. The Hall–Kier alpha value is -3.52. The molecule has 0 aliphatic carbocycles. The summed E-state index contributed by atoms with van der Waals surface area (Å²) in [6.45, 7) is 4.45. The van der Waals surface area contributed by atoms with Gasteiger partial charge >= 0.3 is 0 Å². The second-order valence-electron chi connectivity index (χ2n) is 9.26. The van der Waals surface area contributed by atoms with E-state index in [0.29, 0.717) is 17.7 Å². The highest BCUT2D eigenvalue weighted by atomic mass is 32.2. The molecule has 1 heterocycles. The Balaban J connectivity index is 2.26. The van der Waals surface area contributed by atoms with Gasteiger partial charge in [0, 0.05) is 32.7 Å². The number of carbonyl (C=O) groups excluding carboxylic acids is 1. The average molecular weight is 532 g/mol. The zero-order valence-corrected chi connectivity index (χ0v) is 22.3. The largest absolute Gasteiger partial charge is 0.508 e. The first-order valence-electron chi connectivity index (χ1n) is 11.6. The Kier molecular flexibility index (Phi) is 8.22. The third-order valence-electron chi connectivity index (χ3n) is 5.97. The van der Waals surface area contributed by atoms with Crippen LogP contribution in [0.5, 0.6) is 11.5 Å². The second-order valence-corrected chi connectivity index (χ2v) is 11.3. The van der Waals surface area contributed by atoms with Gasteiger partial charge in [0.2, 0.25) is 15.8 Å². The van der Waals surface area contributed by atoms with Gasteiger partial charge in [0.1, 0.15) is 11.5 Å². The Morgan fingerprint density at radius 3 is 2.30 bits per heavy atom. The third kappa shape index (κ3) is 5.59. The van der Waals surface area contributed by atoms with Gasteiger partial charge in [-0.3, -0.25) is 9.36 Å². The fraction of sp³-hybridized carbons (Fsp3) is 0.375. The molecule has 0 saturated carbocycles. The van der Waals surface area contributed by atoms with Crippen LogP contribution < -0.4 is 11.5 Å². The number of primary amides is 1. The highest BCUT2D eigenvalue weighted by Crippen LogP contribution is 2.38. The van der Waals surface area contributed by atoms with Crippen molar-refractivity contribution in [2.45, 2.75) is 31.2 Å². The van der Waals surface area contributed by atoms with Gasteiger partial charge in [-0.25, -0.2) is 8.42 Å². The molecular weight excluding hydrogens is 498 g/mol. The van der Waals surface area contributed by atoms with E-state index in [0.717, 1.165) is 0 Å². The number of rotatable bonds is 10. The van der Waals surface area contributed by atoms with E-state index >= 15 is 0 Å². The number of sulfonamides is 1. The van der Waals surface area contributed by atoms with E-state index < -0.39 is 15.9 Å². The molecule has 6 N–H and O–H groups in total. The summed E-state index contributed by atoms with van der Waals surface area (Å²) in [6, 6.07) is 7.22. The zero-order chi connectivity index (χ0) is 27.7. The first kappa shape index (κ1) is 28.1. The number of nitrogens with zero attached hydrogens (tertiary/aromatic N) is 5. The number of benzene rings is 2. The van der Waals surface area contributed by atoms with Crippen molar-refractivity contribution in [3.8, 4) is 28.6 Å². The van der Waals surface area contributed by atoms with Gasteiger partial charge in [-0.15, -0.1) is 10.2 Å². The number of hydrogen-bond acceptors (Lipinski definition) is 9. The highest BCUT2D eigenvalue weighted by Gasteiger charge is 2.27. The molecule has 0 spiro atoms. The number of phenols is 2. The minimum Gasteiger partial charge on any atom is -0.508 e. The van der Waals surface area contributed by atoms with Crippen LogP contribution in [-0.4, -0.2) is 82.7 Å². The van der Waals surface area contributed by atoms with E-state index in [1.807, 2.05) is 32.8 Å². The summed E-state index contributed by atoms with van der Waals surface area (Å²) in [7, 11) is 1.20. The molecule has 0 aliphatic heterocycles. The summed E-state index contributed by atoms with van der Waals surface area (Å²) in [4.78, 5) is 14.1. The normalized spacial score (nSPS) is 12.1. The van der Waals surface area contributed by atoms with Gasteiger partial charge < -0.3 is 26.6 Å². The number of aromatic hydroxyl groups is 2. The van der Waals surface area contributed by atoms with Crippen LogP contribution in [0.3, 0.4) is 0 Å². The zero-order valence-electron chi connectivity index (χ0n) is 21.5. The van der Waals surface area contributed by atoms with E-state index in [4.69, 9.17) is 11.5 Å². The van der Waals surface area contributed by atoms with Crippen LogP contribution in [0, 0.1) is 0 Å². The molecule has 37 heavy (non-hydrogen) atoms. The Bertz CT molecular complexity index is 1420. The van der Waals surface area contributed by atoms with Crippen LogP contribution in [0.4, 0.5) is 0 Å². The number of carbonyl (C=O) groups is 1. The van der Waals surface area contributed by atoms with Crippen LogP contribution in [0.2, 0.25) is 0 Å². The van der Waals surface area contributed by atoms with Crippen molar-refractivity contribution in [2.24, 2.45) is 11.5 Å². The molecule has 0 aliphatic rings. The maximum atomic E-state index is 13.5. The van der Waals surface area contributed by atoms with E-state index in [9.17, 15) is 23.4 Å². The highest BCUT2D eigenvalue weighted by molar-refractivity contribution is 7.89. The molecule has 200 valence electrons. The Labute approximate surface area is 216 Å². The van der Waals surface area contributed by atoms with Gasteiger partial charge in [-0.1, -0.05) is 19.9 Å². The molecule has 0 atom stereocenters. The SMILES string of the molecule is CC(C)c1cc(-c2nnc(C(N)=O)n2-c2ccc(CN)c(S(=O)(=O)N(C)CCN(C)C)c2)c(O)cc1O. The maximum Gasteiger partial charge on any atom is 0.287 e. The van der Waals surface area contributed by atoms with E-state index in [2.05, 4.69) is 10.2 Å². The molecule has 3 aromatic rings. The second kappa shape index (κ2) is 10.8. The van der Waals surface area contributed by atoms with E-state index in [-0.39, 0.29) is 58.3 Å². The van der Waals surface area contributed by atoms with Crippen molar-refractivity contribution in [3.05, 3.63) is 47.3 Å². The van der Waals surface area contributed by atoms with E-state index in [1.54, 1.807) is 18.2 Å². The van der Waals surface area contributed by atoms with Gasteiger partial charge in [0.05, 0.1) is 16.1 Å². The van der Waals surface area contributed by atoms with Crippen molar-refractivity contribution in [1.29, 1.82) is 0 Å². The fourth-order valence-electron chi connectivity index (χ4n) is 3.82. The number of phenolic OH excluding ortho intramolecular Hbond substituents is 2. The predicted octanol–water partition coefficient (Wildman–Crippen LogP) is 1.21. The molecule has 0 unspecified atom stereocenters. The molecule has 0 bridgehead atoms. The van der Waals surface area contributed by atoms with Gasteiger partial charge in [-0.2, -0.15) is 4.31 Å². The number of amides is 1. The third-order valence-corrected chi connectivity index (χ3v) is 7.91. The standard InChI is InChI=1S/C24H33N7O5S/c1-14(2)17-11-18(20(33)12-19(17)32)23-27-28-24(22(26)34)31(23)16-7-6-15(13-25)21(10-16)37(35,36)30(5)9-8-29(3)4/h6-7,10-12,14,32-33H,8-9,13,25H2,1-5H3,(H2,26,34). The first-order valence-corrected chi connectivity index (χ1v) is 13.0. The maximum absolute atomic E-state index is 13.5. The van der Waals surface area contributed by atoms with Gasteiger partial charge in [-0.05, 0) is 49.3 Å². The lowest BCUT2D eigenvalue weighted by atomic mass is 9.98. The summed E-state index contributed by atoms with van der Waals surface area (Å²) in [6.07, 6.45) is 0.